The van der Waals surface area contributed by atoms with Gasteiger partial charge in [-0.2, -0.15) is 0 Å². The number of nitrogens with one attached hydrogen (secondary N) is 1. The van der Waals surface area contributed by atoms with Crippen molar-refractivity contribution in [3.05, 3.63) is 46.3 Å². The number of nitrogens with two attached hydrogens (primary N) is 1. The van der Waals surface area contributed by atoms with E-state index in [0.29, 0.717) is 0 Å². The number of thiophene rings is 1. The third kappa shape index (κ3) is 3.26. The summed E-state index contributed by atoms with van der Waals surface area (Å²) in [6.07, 6.45) is 1.73. The fourth-order valence-corrected chi connectivity index (χ4v) is 2.50. The van der Waals surface area contributed by atoms with E-state index in [0.717, 1.165) is 24.5 Å². The lowest BCUT2D eigenvalue weighted by atomic mass is 10.2. The van der Waals surface area contributed by atoms with E-state index >= 15 is 0 Å². The van der Waals surface area contributed by atoms with E-state index in [1.807, 2.05) is 12.1 Å². The highest BCUT2D eigenvalue weighted by Crippen LogP contribution is 2.16. The molecule has 0 bridgehead atoms. The SMILES string of the molecule is CN(Cc1cccs1)Cc1cccnc1NN. The summed E-state index contributed by atoms with van der Waals surface area (Å²) in [4.78, 5) is 7.79. The fraction of sp³-hybridized carbons (Fsp3) is 0.250. The fourth-order valence-electron chi connectivity index (χ4n) is 1.71. The standard InChI is InChI=1S/C12H16N4S/c1-16(9-11-5-3-7-17-11)8-10-4-2-6-14-12(10)15-13/h2-7H,8-9,13H2,1H3,(H,14,15). The van der Waals surface area contributed by atoms with Crippen LogP contribution < -0.4 is 11.3 Å². The molecule has 0 fully saturated rings. The maximum atomic E-state index is 5.43. The molecule has 0 aliphatic carbocycles. The van der Waals surface area contributed by atoms with Crippen molar-refractivity contribution in [2.75, 3.05) is 12.5 Å². The van der Waals surface area contributed by atoms with Gasteiger partial charge in [-0.1, -0.05) is 12.1 Å². The second-order valence-corrected chi connectivity index (χ2v) is 4.94. The van der Waals surface area contributed by atoms with E-state index < -0.39 is 0 Å². The molecule has 0 aliphatic heterocycles. The number of nitrogen functional groups attached to an aromatic ring is 1. The Kier molecular flexibility index (Phi) is 4.08. The van der Waals surface area contributed by atoms with Gasteiger partial charge in [-0.15, -0.1) is 11.3 Å². The maximum absolute atomic E-state index is 5.43. The molecule has 2 aromatic rings. The monoisotopic (exact) mass is 248 g/mol. The number of hydrogen-bond donors (Lipinski definition) is 2. The van der Waals surface area contributed by atoms with Crippen molar-refractivity contribution in [2.24, 2.45) is 5.84 Å². The number of rotatable bonds is 5. The molecule has 2 aromatic heterocycles. The summed E-state index contributed by atoms with van der Waals surface area (Å²) in [7, 11) is 2.09. The van der Waals surface area contributed by atoms with Gasteiger partial charge in [0, 0.05) is 29.7 Å². The number of anilines is 1. The second kappa shape index (κ2) is 5.77. The molecule has 0 saturated heterocycles. The van der Waals surface area contributed by atoms with E-state index in [-0.39, 0.29) is 0 Å². The van der Waals surface area contributed by atoms with Crippen LogP contribution in [-0.2, 0) is 13.1 Å². The molecule has 2 heterocycles. The van der Waals surface area contributed by atoms with E-state index in [4.69, 9.17) is 5.84 Å². The zero-order valence-electron chi connectivity index (χ0n) is 9.76. The number of aromatic nitrogens is 1. The largest absolute Gasteiger partial charge is 0.308 e. The summed E-state index contributed by atoms with van der Waals surface area (Å²) >= 11 is 1.77. The van der Waals surface area contributed by atoms with Crippen LogP contribution in [0.15, 0.2) is 35.8 Å². The molecule has 0 radical (unpaired) electrons. The van der Waals surface area contributed by atoms with Gasteiger partial charge in [0.25, 0.3) is 0 Å². The second-order valence-electron chi connectivity index (χ2n) is 3.91. The van der Waals surface area contributed by atoms with Crippen LogP contribution in [0.2, 0.25) is 0 Å². The number of hydrazine groups is 1. The Balaban J connectivity index is 2.00. The van der Waals surface area contributed by atoms with E-state index in [9.17, 15) is 0 Å². The topological polar surface area (TPSA) is 54.2 Å². The predicted octanol–water partition coefficient (Wildman–Crippen LogP) is 2.06. The summed E-state index contributed by atoms with van der Waals surface area (Å²) in [5, 5.41) is 2.10. The third-order valence-electron chi connectivity index (χ3n) is 2.47. The molecule has 0 atom stereocenters. The molecule has 0 spiro atoms. The van der Waals surface area contributed by atoms with Crippen molar-refractivity contribution in [1.29, 1.82) is 0 Å². The lowest BCUT2D eigenvalue weighted by Gasteiger charge is -2.17. The molecule has 17 heavy (non-hydrogen) atoms. The summed E-state index contributed by atoms with van der Waals surface area (Å²) < 4.78 is 0. The van der Waals surface area contributed by atoms with Crippen molar-refractivity contribution in [2.45, 2.75) is 13.1 Å². The molecular weight excluding hydrogens is 232 g/mol. The van der Waals surface area contributed by atoms with Crippen LogP contribution in [0.5, 0.6) is 0 Å². The average Bonchev–Trinajstić information content (AvgIpc) is 2.82. The summed E-state index contributed by atoms with van der Waals surface area (Å²) in [6, 6.07) is 8.18. The molecule has 3 N–H and O–H groups in total. The van der Waals surface area contributed by atoms with Crippen molar-refractivity contribution >= 4 is 17.2 Å². The molecule has 4 nitrogen and oxygen atoms in total. The molecular formula is C12H16N4S. The Morgan fingerprint density at radius 2 is 2.24 bits per heavy atom. The van der Waals surface area contributed by atoms with Crippen LogP contribution in [0.1, 0.15) is 10.4 Å². The van der Waals surface area contributed by atoms with Gasteiger partial charge < -0.3 is 5.43 Å². The molecule has 5 heteroatoms. The minimum absolute atomic E-state index is 0.741. The first-order chi connectivity index (χ1) is 8.29. The van der Waals surface area contributed by atoms with E-state index in [2.05, 4.69) is 39.9 Å². The Morgan fingerprint density at radius 3 is 2.94 bits per heavy atom. The van der Waals surface area contributed by atoms with Gasteiger partial charge in [0.15, 0.2) is 0 Å². The summed E-state index contributed by atoms with van der Waals surface area (Å²) in [5.74, 6) is 6.17. The first kappa shape index (κ1) is 12.0. The minimum Gasteiger partial charge on any atom is -0.308 e. The van der Waals surface area contributed by atoms with Crippen molar-refractivity contribution < 1.29 is 0 Å². The van der Waals surface area contributed by atoms with Crippen LogP contribution in [0.4, 0.5) is 5.82 Å². The first-order valence-corrected chi connectivity index (χ1v) is 6.29. The first-order valence-electron chi connectivity index (χ1n) is 5.41. The minimum atomic E-state index is 0.741. The van der Waals surface area contributed by atoms with Gasteiger partial charge in [-0.05, 0) is 24.6 Å². The molecule has 2 rings (SSSR count). The highest BCUT2D eigenvalue weighted by atomic mass is 32.1. The Morgan fingerprint density at radius 1 is 1.35 bits per heavy atom. The molecule has 90 valence electrons. The highest BCUT2D eigenvalue weighted by molar-refractivity contribution is 7.09. The maximum Gasteiger partial charge on any atom is 0.144 e. The zero-order valence-corrected chi connectivity index (χ0v) is 10.6. The van der Waals surface area contributed by atoms with Gasteiger partial charge in [-0.25, -0.2) is 10.8 Å². The quantitative estimate of drug-likeness (QED) is 0.628. The van der Waals surface area contributed by atoms with E-state index in [1.165, 1.54) is 4.88 Å². The van der Waals surface area contributed by atoms with Crippen molar-refractivity contribution in [1.82, 2.24) is 9.88 Å². The molecule has 0 aromatic carbocycles. The lowest BCUT2D eigenvalue weighted by molar-refractivity contribution is 0.322. The number of hydrogen-bond acceptors (Lipinski definition) is 5. The molecule has 0 saturated carbocycles. The Bertz CT molecular complexity index is 455. The lowest BCUT2D eigenvalue weighted by Crippen LogP contribution is -2.19. The predicted molar refractivity (Wildman–Crippen MR) is 71.5 cm³/mol. The average molecular weight is 248 g/mol. The normalized spacial score (nSPS) is 10.8. The highest BCUT2D eigenvalue weighted by Gasteiger charge is 2.06. The zero-order chi connectivity index (χ0) is 12.1. The molecule has 0 unspecified atom stereocenters. The number of pyridine rings is 1. The Hall–Kier alpha value is -1.43. The van der Waals surface area contributed by atoms with Gasteiger partial charge in [-0.3, -0.25) is 4.90 Å². The van der Waals surface area contributed by atoms with Gasteiger partial charge in [0.05, 0.1) is 0 Å². The van der Waals surface area contributed by atoms with Crippen molar-refractivity contribution in [3.63, 3.8) is 0 Å². The summed E-state index contributed by atoms with van der Waals surface area (Å²) in [6.45, 7) is 1.77. The Labute approximate surface area is 105 Å². The molecule has 0 aliphatic rings. The van der Waals surface area contributed by atoms with Crippen LogP contribution >= 0.6 is 11.3 Å². The van der Waals surface area contributed by atoms with Gasteiger partial charge in [0.2, 0.25) is 0 Å². The van der Waals surface area contributed by atoms with Crippen LogP contribution in [0.3, 0.4) is 0 Å². The smallest absolute Gasteiger partial charge is 0.144 e. The number of nitrogens with zero attached hydrogens (tertiary/aromatic N) is 2. The summed E-state index contributed by atoms with van der Waals surface area (Å²) in [5.41, 5.74) is 3.73. The van der Waals surface area contributed by atoms with Gasteiger partial charge in [0.1, 0.15) is 5.82 Å². The van der Waals surface area contributed by atoms with Crippen molar-refractivity contribution in [3.8, 4) is 0 Å². The molecule has 0 amide bonds. The third-order valence-corrected chi connectivity index (χ3v) is 3.34. The van der Waals surface area contributed by atoms with Gasteiger partial charge >= 0.3 is 0 Å². The van der Waals surface area contributed by atoms with Crippen LogP contribution in [0, 0.1) is 0 Å². The van der Waals surface area contributed by atoms with E-state index in [1.54, 1.807) is 17.5 Å². The van der Waals surface area contributed by atoms with Crippen LogP contribution in [-0.4, -0.2) is 16.9 Å². The van der Waals surface area contributed by atoms with Crippen LogP contribution in [0.25, 0.3) is 0 Å².